The first-order chi connectivity index (χ1) is 9.13. The van der Waals surface area contributed by atoms with Gasteiger partial charge in [0.05, 0.1) is 12.5 Å². The van der Waals surface area contributed by atoms with Crippen molar-refractivity contribution in [2.45, 2.75) is 45.1 Å². The Morgan fingerprint density at radius 1 is 1.26 bits per heavy atom. The second-order valence-corrected chi connectivity index (χ2v) is 5.68. The molecular weight excluding hydrogens is 244 g/mol. The molecule has 0 radical (unpaired) electrons. The first-order valence-electron chi connectivity index (χ1n) is 7.36. The van der Waals surface area contributed by atoms with Crippen LogP contribution in [0.3, 0.4) is 0 Å². The molecule has 0 heterocycles. The van der Waals surface area contributed by atoms with Crippen LogP contribution in [0.1, 0.15) is 39.0 Å². The number of carbonyl (C=O) groups is 2. The molecular formula is C14H24N2O3. The maximum atomic E-state index is 12.0. The summed E-state index contributed by atoms with van der Waals surface area (Å²) in [6.45, 7) is 3.76. The third-order valence-electron chi connectivity index (χ3n) is 4.31. The highest BCUT2D eigenvalue weighted by Gasteiger charge is 2.33. The van der Waals surface area contributed by atoms with Gasteiger partial charge in [-0.2, -0.15) is 0 Å². The van der Waals surface area contributed by atoms with Crippen LogP contribution in [-0.4, -0.2) is 47.6 Å². The van der Waals surface area contributed by atoms with E-state index in [-0.39, 0.29) is 17.7 Å². The monoisotopic (exact) mass is 268 g/mol. The normalized spacial score (nSPS) is 26.4. The summed E-state index contributed by atoms with van der Waals surface area (Å²) in [7, 11) is 0. The number of amides is 1. The van der Waals surface area contributed by atoms with Crippen LogP contribution in [0.25, 0.3) is 0 Å². The van der Waals surface area contributed by atoms with E-state index in [1.165, 1.54) is 0 Å². The minimum Gasteiger partial charge on any atom is -0.481 e. The Morgan fingerprint density at radius 3 is 2.58 bits per heavy atom. The topological polar surface area (TPSA) is 69.6 Å². The van der Waals surface area contributed by atoms with Gasteiger partial charge in [-0.15, -0.1) is 0 Å². The van der Waals surface area contributed by atoms with Crippen molar-refractivity contribution in [3.8, 4) is 0 Å². The van der Waals surface area contributed by atoms with E-state index < -0.39 is 5.97 Å². The van der Waals surface area contributed by atoms with Crippen molar-refractivity contribution in [1.82, 2.24) is 10.2 Å². The number of rotatable bonds is 7. The van der Waals surface area contributed by atoms with Crippen LogP contribution in [-0.2, 0) is 9.59 Å². The summed E-state index contributed by atoms with van der Waals surface area (Å²) in [6, 6.07) is 0.456. The molecule has 0 saturated heterocycles. The third-order valence-corrected chi connectivity index (χ3v) is 4.31. The zero-order chi connectivity index (χ0) is 13.8. The average Bonchev–Trinajstić information content (AvgIpc) is 3.07. The summed E-state index contributed by atoms with van der Waals surface area (Å²) in [5.41, 5.74) is 0. The summed E-state index contributed by atoms with van der Waals surface area (Å²) < 4.78 is 0. The van der Waals surface area contributed by atoms with E-state index in [2.05, 4.69) is 5.32 Å². The fourth-order valence-electron chi connectivity index (χ4n) is 3.10. The third kappa shape index (κ3) is 3.69. The molecule has 2 unspecified atom stereocenters. The van der Waals surface area contributed by atoms with E-state index in [0.29, 0.717) is 19.1 Å². The largest absolute Gasteiger partial charge is 0.481 e. The van der Waals surface area contributed by atoms with Crippen LogP contribution in [0.5, 0.6) is 0 Å². The van der Waals surface area contributed by atoms with Crippen LogP contribution < -0.4 is 5.32 Å². The summed E-state index contributed by atoms with van der Waals surface area (Å²) in [5.74, 6) is -0.590. The van der Waals surface area contributed by atoms with Gasteiger partial charge in [0.25, 0.3) is 0 Å². The number of hydrogen-bond donors (Lipinski definition) is 2. The molecule has 0 aliphatic heterocycles. The van der Waals surface area contributed by atoms with Crippen molar-refractivity contribution >= 4 is 11.9 Å². The lowest BCUT2D eigenvalue weighted by atomic mass is 9.96. The molecule has 2 aliphatic carbocycles. The minimum absolute atomic E-state index is 0.148. The molecule has 0 aromatic rings. The molecule has 2 aliphatic rings. The number of aliphatic carboxylic acids is 1. The Morgan fingerprint density at radius 2 is 2.00 bits per heavy atom. The van der Waals surface area contributed by atoms with E-state index in [1.807, 2.05) is 11.8 Å². The Kier molecular flexibility index (Phi) is 4.80. The van der Waals surface area contributed by atoms with Gasteiger partial charge in [0.1, 0.15) is 0 Å². The van der Waals surface area contributed by atoms with Gasteiger partial charge in [-0.05, 0) is 45.1 Å². The number of hydrogen-bond acceptors (Lipinski definition) is 3. The predicted octanol–water partition coefficient (Wildman–Crippen LogP) is 1.09. The van der Waals surface area contributed by atoms with E-state index in [9.17, 15) is 9.59 Å². The number of carboxylic acids is 1. The molecule has 2 rings (SSSR count). The smallest absolute Gasteiger partial charge is 0.306 e. The fourth-order valence-corrected chi connectivity index (χ4v) is 3.10. The number of nitrogens with one attached hydrogen (secondary N) is 1. The number of nitrogens with zero attached hydrogens (tertiary/aromatic N) is 1. The molecule has 0 bridgehead atoms. The van der Waals surface area contributed by atoms with Crippen molar-refractivity contribution in [3.05, 3.63) is 0 Å². The molecule has 1 amide bonds. The Labute approximate surface area is 114 Å². The first-order valence-corrected chi connectivity index (χ1v) is 7.36. The minimum atomic E-state index is -0.691. The second-order valence-electron chi connectivity index (χ2n) is 5.68. The molecule has 0 spiro atoms. The van der Waals surface area contributed by atoms with Gasteiger partial charge in [-0.25, -0.2) is 0 Å². The molecule has 19 heavy (non-hydrogen) atoms. The van der Waals surface area contributed by atoms with Crippen molar-refractivity contribution in [3.63, 3.8) is 0 Å². The average molecular weight is 268 g/mol. The molecule has 108 valence electrons. The first kappa shape index (κ1) is 14.3. The van der Waals surface area contributed by atoms with Crippen molar-refractivity contribution in [1.29, 1.82) is 0 Å². The molecule has 2 saturated carbocycles. The quantitative estimate of drug-likeness (QED) is 0.725. The molecule has 2 N–H and O–H groups in total. The van der Waals surface area contributed by atoms with Crippen LogP contribution >= 0.6 is 0 Å². The van der Waals surface area contributed by atoms with Gasteiger partial charge in [0.15, 0.2) is 0 Å². The van der Waals surface area contributed by atoms with Crippen LogP contribution in [0, 0.1) is 11.8 Å². The Hall–Kier alpha value is -1.10. The summed E-state index contributed by atoms with van der Waals surface area (Å²) >= 11 is 0. The summed E-state index contributed by atoms with van der Waals surface area (Å²) in [6.07, 6.45) is 4.98. The second kappa shape index (κ2) is 6.37. The highest BCUT2D eigenvalue weighted by Crippen LogP contribution is 2.31. The van der Waals surface area contributed by atoms with Crippen LogP contribution in [0.4, 0.5) is 0 Å². The molecule has 5 heteroatoms. The van der Waals surface area contributed by atoms with Crippen molar-refractivity contribution in [2.24, 2.45) is 11.8 Å². The lowest BCUT2D eigenvalue weighted by molar-refractivity contribution is -0.142. The van der Waals surface area contributed by atoms with Crippen LogP contribution in [0.2, 0.25) is 0 Å². The van der Waals surface area contributed by atoms with E-state index in [0.717, 1.165) is 38.6 Å². The van der Waals surface area contributed by atoms with Gasteiger partial charge < -0.3 is 15.3 Å². The van der Waals surface area contributed by atoms with Gasteiger partial charge in [-0.1, -0.05) is 6.42 Å². The van der Waals surface area contributed by atoms with Gasteiger partial charge in [0, 0.05) is 12.6 Å². The molecule has 0 aromatic carbocycles. The molecule has 0 aromatic heterocycles. The van der Waals surface area contributed by atoms with E-state index >= 15 is 0 Å². The SMILES string of the molecule is CCN(C(=O)CNCC1CCCC1C(=O)O)C1CC1. The standard InChI is InChI=1S/C14H24N2O3/c1-2-16(11-6-7-11)13(17)9-15-8-10-4-3-5-12(10)14(18)19/h10-12,15H,2-9H2,1H3,(H,18,19). The Bertz CT molecular complexity index is 342. The highest BCUT2D eigenvalue weighted by atomic mass is 16.4. The molecule has 2 fully saturated rings. The number of carboxylic acid groups (broad SMARTS) is 1. The zero-order valence-electron chi connectivity index (χ0n) is 11.6. The van der Waals surface area contributed by atoms with Gasteiger partial charge >= 0.3 is 5.97 Å². The van der Waals surface area contributed by atoms with E-state index in [4.69, 9.17) is 5.11 Å². The van der Waals surface area contributed by atoms with Crippen molar-refractivity contribution < 1.29 is 14.7 Å². The fraction of sp³-hybridized carbons (Fsp3) is 0.857. The summed E-state index contributed by atoms with van der Waals surface area (Å²) in [5, 5.41) is 12.3. The maximum Gasteiger partial charge on any atom is 0.306 e. The van der Waals surface area contributed by atoms with Crippen molar-refractivity contribution in [2.75, 3.05) is 19.6 Å². The lowest BCUT2D eigenvalue weighted by Gasteiger charge is -2.22. The lowest BCUT2D eigenvalue weighted by Crippen LogP contribution is -2.41. The van der Waals surface area contributed by atoms with Gasteiger partial charge in [-0.3, -0.25) is 9.59 Å². The highest BCUT2D eigenvalue weighted by molar-refractivity contribution is 5.79. The maximum absolute atomic E-state index is 12.0. The number of likely N-dealkylation sites (N-methyl/N-ethyl adjacent to an activating group) is 1. The summed E-state index contributed by atoms with van der Waals surface area (Å²) in [4.78, 5) is 25.0. The number of carbonyl (C=O) groups excluding carboxylic acids is 1. The zero-order valence-corrected chi connectivity index (χ0v) is 11.6. The predicted molar refractivity (Wildman–Crippen MR) is 71.7 cm³/mol. The van der Waals surface area contributed by atoms with E-state index in [1.54, 1.807) is 0 Å². The molecule has 2 atom stereocenters. The Balaban J connectivity index is 1.70. The van der Waals surface area contributed by atoms with Crippen LogP contribution in [0.15, 0.2) is 0 Å². The molecule has 5 nitrogen and oxygen atoms in total. The van der Waals surface area contributed by atoms with Gasteiger partial charge in [0.2, 0.25) is 5.91 Å².